The topological polar surface area (TPSA) is 9.23 Å². The number of rotatable bonds is 5. The Balaban J connectivity index is 0.00000242. The van der Waals surface area contributed by atoms with Crippen molar-refractivity contribution in [2.45, 2.75) is 25.6 Å². The summed E-state index contributed by atoms with van der Waals surface area (Å²) >= 11 is 0. The van der Waals surface area contributed by atoms with Crippen LogP contribution in [0.3, 0.4) is 0 Å². The Morgan fingerprint density at radius 2 is 1.43 bits per heavy atom. The van der Waals surface area contributed by atoms with Crippen molar-refractivity contribution in [3.05, 3.63) is 84.8 Å². The molecule has 2 rings (SSSR count). The van der Waals surface area contributed by atoms with Crippen molar-refractivity contribution in [3.63, 3.8) is 0 Å². The van der Waals surface area contributed by atoms with Gasteiger partial charge in [0.05, 0.1) is 0 Å². The SMILES string of the molecule is [CH2]C(/C=C(\O[Si](C)(C)C)c1ccccc1)c1ccccc1.[I-].[Zn]. The summed E-state index contributed by atoms with van der Waals surface area (Å²) in [5.41, 5.74) is 2.31. The van der Waals surface area contributed by atoms with Crippen LogP contribution in [-0.4, -0.2) is 8.32 Å². The third kappa shape index (κ3) is 7.77. The van der Waals surface area contributed by atoms with E-state index in [1.165, 1.54) is 5.56 Å². The van der Waals surface area contributed by atoms with Crippen LogP contribution >= 0.6 is 0 Å². The first-order valence-corrected chi connectivity index (χ1v) is 10.7. The average molecular weight is 488 g/mol. The number of hydrogen-bond acceptors (Lipinski definition) is 1. The number of hydrogen-bond donors (Lipinski definition) is 0. The van der Waals surface area contributed by atoms with Gasteiger partial charge in [-0.05, 0) is 38.2 Å². The monoisotopic (exact) mass is 486 g/mol. The van der Waals surface area contributed by atoms with E-state index in [2.05, 4.69) is 56.9 Å². The second-order valence-corrected chi connectivity index (χ2v) is 10.6. The Morgan fingerprint density at radius 3 is 1.91 bits per heavy atom. The maximum atomic E-state index is 6.28. The smallest absolute Gasteiger partial charge is 0.242 e. The van der Waals surface area contributed by atoms with E-state index in [4.69, 9.17) is 4.43 Å². The Labute approximate surface area is 171 Å². The minimum Gasteiger partial charge on any atom is -1.00 e. The molecular formula is C19H23IOSiZn-. The number of allylic oxidation sites excluding steroid dienone is 1. The van der Waals surface area contributed by atoms with E-state index in [1.807, 2.05) is 36.4 Å². The molecule has 0 fully saturated rings. The first kappa shape index (κ1) is 22.6. The summed E-state index contributed by atoms with van der Waals surface area (Å²) in [4.78, 5) is 0. The molecule has 1 atom stereocenters. The Bertz CT molecular complexity index is 594. The molecule has 0 aliphatic carbocycles. The van der Waals surface area contributed by atoms with Crippen LogP contribution in [0.5, 0.6) is 0 Å². The molecule has 0 saturated carbocycles. The van der Waals surface area contributed by atoms with E-state index in [0.29, 0.717) is 0 Å². The fourth-order valence-corrected chi connectivity index (χ4v) is 2.95. The van der Waals surface area contributed by atoms with Crippen molar-refractivity contribution in [1.29, 1.82) is 0 Å². The van der Waals surface area contributed by atoms with Crippen molar-refractivity contribution in [2.75, 3.05) is 0 Å². The van der Waals surface area contributed by atoms with Crippen LogP contribution in [0.2, 0.25) is 19.6 Å². The molecule has 0 heterocycles. The van der Waals surface area contributed by atoms with E-state index >= 15 is 0 Å². The van der Waals surface area contributed by atoms with Crippen molar-refractivity contribution in [1.82, 2.24) is 0 Å². The van der Waals surface area contributed by atoms with Crippen LogP contribution in [0.15, 0.2) is 66.7 Å². The van der Waals surface area contributed by atoms with E-state index in [1.54, 1.807) is 0 Å². The van der Waals surface area contributed by atoms with E-state index in [9.17, 15) is 0 Å². The third-order valence-electron chi connectivity index (χ3n) is 3.05. The summed E-state index contributed by atoms with van der Waals surface area (Å²) in [6, 6.07) is 20.6. The molecule has 0 aromatic heterocycles. The molecule has 0 bridgehead atoms. The molecule has 23 heavy (non-hydrogen) atoms. The number of benzene rings is 2. The fraction of sp³-hybridized carbons (Fsp3) is 0.211. The molecular weight excluding hydrogens is 465 g/mol. The maximum absolute atomic E-state index is 6.28. The molecule has 0 aliphatic heterocycles. The zero-order valence-electron chi connectivity index (χ0n) is 14.1. The van der Waals surface area contributed by atoms with Gasteiger partial charge in [-0.1, -0.05) is 60.7 Å². The summed E-state index contributed by atoms with van der Waals surface area (Å²) in [6.07, 6.45) is 2.13. The summed E-state index contributed by atoms with van der Waals surface area (Å²) in [5.74, 6) is 1.02. The van der Waals surface area contributed by atoms with Gasteiger partial charge in [0.25, 0.3) is 0 Å². The van der Waals surface area contributed by atoms with Gasteiger partial charge >= 0.3 is 0 Å². The van der Waals surface area contributed by atoms with Gasteiger partial charge in [-0.3, -0.25) is 0 Å². The average Bonchev–Trinajstić information content (AvgIpc) is 2.47. The maximum Gasteiger partial charge on any atom is 0.242 e. The molecule has 1 nitrogen and oxygen atoms in total. The van der Waals surface area contributed by atoms with Crippen LogP contribution in [0.25, 0.3) is 5.76 Å². The Morgan fingerprint density at radius 1 is 0.957 bits per heavy atom. The molecule has 0 N–H and O–H groups in total. The van der Waals surface area contributed by atoms with Gasteiger partial charge in [-0.15, -0.1) is 0 Å². The minimum atomic E-state index is -1.67. The van der Waals surface area contributed by atoms with Crippen molar-refractivity contribution in [3.8, 4) is 0 Å². The van der Waals surface area contributed by atoms with Crippen LogP contribution in [0.4, 0.5) is 0 Å². The van der Waals surface area contributed by atoms with Gasteiger partial charge in [0, 0.05) is 31.0 Å². The molecule has 2 aromatic carbocycles. The normalized spacial score (nSPS) is 12.6. The van der Waals surface area contributed by atoms with Crippen LogP contribution < -0.4 is 24.0 Å². The third-order valence-corrected chi connectivity index (χ3v) is 3.89. The van der Waals surface area contributed by atoms with Crippen LogP contribution in [0.1, 0.15) is 17.0 Å². The van der Waals surface area contributed by atoms with Gasteiger partial charge in [0.15, 0.2) is 0 Å². The molecule has 119 valence electrons. The zero-order chi connectivity index (χ0) is 15.3. The largest absolute Gasteiger partial charge is 1.00 e. The van der Waals surface area contributed by atoms with E-state index < -0.39 is 8.32 Å². The first-order chi connectivity index (χ1) is 9.96. The summed E-state index contributed by atoms with van der Waals surface area (Å²) in [7, 11) is -1.67. The summed E-state index contributed by atoms with van der Waals surface area (Å²) in [5, 5.41) is 0. The van der Waals surface area contributed by atoms with Crippen molar-refractivity contribution >= 4 is 14.1 Å². The second-order valence-electron chi connectivity index (χ2n) is 6.13. The molecule has 0 saturated heterocycles. The van der Waals surface area contributed by atoms with Gasteiger partial charge in [0.1, 0.15) is 5.76 Å². The first-order valence-electron chi connectivity index (χ1n) is 7.30. The molecule has 2 aromatic rings. The van der Waals surface area contributed by atoms with Crippen LogP contribution in [-0.2, 0) is 23.9 Å². The quantitative estimate of drug-likeness (QED) is 0.358. The molecule has 1 radical (unpaired) electrons. The van der Waals surface area contributed by atoms with Crippen LogP contribution in [0, 0.1) is 6.92 Å². The fourth-order valence-electron chi connectivity index (χ4n) is 2.10. The standard InChI is InChI=1S/C19H23OSi.HI.Zn/c1-16(17-11-7-5-8-12-17)15-19(20-21(2,3)4)18-13-9-6-10-14-18;;/h5-16H,1H2,2-4H3;1H;/p-1/b19-15-;;. The van der Waals surface area contributed by atoms with E-state index in [0.717, 1.165) is 11.3 Å². The molecule has 0 amide bonds. The van der Waals surface area contributed by atoms with Gasteiger partial charge in [0.2, 0.25) is 8.32 Å². The van der Waals surface area contributed by atoms with E-state index in [-0.39, 0.29) is 49.4 Å². The van der Waals surface area contributed by atoms with Crippen molar-refractivity contribution < 1.29 is 47.9 Å². The molecule has 1 unspecified atom stereocenters. The van der Waals surface area contributed by atoms with Crippen molar-refractivity contribution in [2.24, 2.45) is 0 Å². The predicted octanol–water partition coefficient (Wildman–Crippen LogP) is 2.50. The summed E-state index contributed by atoms with van der Waals surface area (Å²) < 4.78 is 6.28. The minimum absolute atomic E-state index is 0. The molecule has 4 heteroatoms. The summed E-state index contributed by atoms with van der Waals surface area (Å²) in [6.45, 7) is 10.9. The Kier molecular flexibility index (Phi) is 10.2. The predicted molar refractivity (Wildman–Crippen MR) is 93.4 cm³/mol. The van der Waals surface area contributed by atoms with Gasteiger partial charge in [-0.25, -0.2) is 0 Å². The second kappa shape index (κ2) is 10.4. The zero-order valence-corrected chi connectivity index (χ0v) is 20.3. The molecule has 0 spiro atoms. The van der Waals surface area contributed by atoms with Gasteiger partial charge < -0.3 is 28.4 Å². The van der Waals surface area contributed by atoms with Gasteiger partial charge in [-0.2, -0.15) is 0 Å². The molecule has 0 aliphatic rings. The Hall–Kier alpha value is -0.450. The number of halogens is 1.